The second-order valence-electron chi connectivity index (χ2n) is 3.97. The summed E-state index contributed by atoms with van der Waals surface area (Å²) < 4.78 is 5.19. The normalized spacial score (nSPS) is 17.9. The summed E-state index contributed by atoms with van der Waals surface area (Å²) in [6, 6.07) is 3.45. The van der Waals surface area contributed by atoms with E-state index < -0.39 is 0 Å². The highest BCUT2D eigenvalue weighted by Gasteiger charge is 2.32. The molecule has 1 atom stereocenters. The van der Waals surface area contributed by atoms with Crippen molar-refractivity contribution in [3.05, 3.63) is 35.8 Å². The van der Waals surface area contributed by atoms with E-state index in [1.165, 1.54) is 11.0 Å². The summed E-state index contributed by atoms with van der Waals surface area (Å²) >= 11 is 0. The molecule has 0 aromatic carbocycles. The van der Waals surface area contributed by atoms with E-state index in [-0.39, 0.29) is 17.9 Å². The molecular weight excluding hydrogens is 206 g/mol. The van der Waals surface area contributed by atoms with Crippen LogP contribution < -0.4 is 0 Å². The molecule has 0 saturated carbocycles. The maximum absolute atomic E-state index is 11.7. The molecule has 0 saturated heterocycles. The summed E-state index contributed by atoms with van der Waals surface area (Å²) in [4.78, 5) is 24.5. The topological polar surface area (TPSA) is 50.5 Å². The predicted octanol–water partition coefficient (Wildman–Crippen LogP) is 1.53. The molecule has 16 heavy (non-hydrogen) atoms. The second kappa shape index (κ2) is 3.96. The van der Waals surface area contributed by atoms with Crippen molar-refractivity contribution in [2.24, 2.45) is 0 Å². The van der Waals surface area contributed by atoms with Crippen molar-refractivity contribution in [3.8, 4) is 0 Å². The average molecular weight is 219 g/mol. The second-order valence-corrected chi connectivity index (χ2v) is 3.97. The van der Waals surface area contributed by atoms with Gasteiger partial charge in [-0.2, -0.15) is 0 Å². The minimum Gasteiger partial charge on any atom is -0.469 e. The number of carbonyl (C=O) groups excluding carboxylic acids is 2. The Labute approximate surface area is 93.5 Å². The van der Waals surface area contributed by atoms with Crippen LogP contribution in [0.25, 0.3) is 0 Å². The SMILES string of the molecule is CC1=CC(=O)N(C(C)Cc2ccco2)C1=O. The number of hydrogen-bond donors (Lipinski definition) is 0. The van der Waals surface area contributed by atoms with Crippen LogP contribution in [0.3, 0.4) is 0 Å². The fourth-order valence-electron chi connectivity index (χ4n) is 1.84. The Morgan fingerprint density at radius 1 is 1.44 bits per heavy atom. The van der Waals surface area contributed by atoms with Crippen molar-refractivity contribution in [1.29, 1.82) is 0 Å². The summed E-state index contributed by atoms with van der Waals surface area (Å²) in [5, 5.41) is 0. The van der Waals surface area contributed by atoms with Gasteiger partial charge in [-0.3, -0.25) is 14.5 Å². The highest BCUT2D eigenvalue weighted by molar-refractivity contribution is 6.16. The van der Waals surface area contributed by atoms with E-state index in [4.69, 9.17) is 4.42 Å². The zero-order valence-corrected chi connectivity index (χ0v) is 9.27. The molecule has 0 fully saturated rings. The predicted molar refractivity (Wildman–Crippen MR) is 57.5 cm³/mol. The van der Waals surface area contributed by atoms with E-state index in [2.05, 4.69) is 0 Å². The zero-order valence-electron chi connectivity index (χ0n) is 9.27. The number of nitrogens with zero attached hydrogens (tertiary/aromatic N) is 1. The Balaban J connectivity index is 2.09. The van der Waals surface area contributed by atoms with Crippen LogP contribution in [0.15, 0.2) is 34.5 Å². The molecule has 1 aromatic rings. The molecule has 0 radical (unpaired) electrons. The summed E-state index contributed by atoms with van der Waals surface area (Å²) in [7, 11) is 0. The summed E-state index contributed by atoms with van der Waals surface area (Å²) in [6.45, 7) is 3.49. The molecule has 4 nitrogen and oxygen atoms in total. The molecule has 0 spiro atoms. The molecule has 0 bridgehead atoms. The van der Waals surface area contributed by atoms with Crippen LogP contribution >= 0.6 is 0 Å². The summed E-state index contributed by atoms with van der Waals surface area (Å²) in [5.41, 5.74) is 0.497. The van der Waals surface area contributed by atoms with Crippen molar-refractivity contribution in [2.45, 2.75) is 26.3 Å². The Morgan fingerprint density at radius 3 is 2.69 bits per heavy atom. The van der Waals surface area contributed by atoms with E-state index >= 15 is 0 Å². The van der Waals surface area contributed by atoms with Gasteiger partial charge in [-0.05, 0) is 26.0 Å². The monoisotopic (exact) mass is 219 g/mol. The van der Waals surface area contributed by atoms with Crippen molar-refractivity contribution in [1.82, 2.24) is 4.90 Å². The Bertz CT molecular complexity index is 445. The number of furan rings is 1. The highest BCUT2D eigenvalue weighted by atomic mass is 16.3. The van der Waals surface area contributed by atoms with Crippen molar-refractivity contribution >= 4 is 11.8 Å². The van der Waals surface area contributed by atoms with E-state index in [1.54, 1.807) is 19.3 Å². The van der Waals surface area contributed by atoms with Crippen LogP contribution in [0, 0.1) is 0 Å². The van der Waals surface area contributed by atoms with Crippen LogP contribution in [0.2, 0.25) is 0 Å². The maximum Gasteiger partial charge on any atom is 0.256 e. The smallest absolute Gasteiger partial charge is 0.256 e. The quantitative estimate of drug-likeness (QED) is 0.724. The van der Waals surface area contributed by atoms with Gasteiger partial charge < -0.3 is 4.42 Å². The Kier molecular flexibility index (Phi) is 2.64. The van der Waals surface area contributed by atoms with Crippen molar-refractivity contribution in [3.63, 3.8) is 0 Å². The van der Waals surface area contributed by atoms with Gasteiger partial charge in [0.05, 0.1) is 6.26 Å². The number of amides is 2. The van der Waals surface area contributed by atoms with Crippen LogP contribution in [-0.4, -0.2) is 22.8 Å². The van der Waals surface area contributed by atoms with Crippen LogP contribution in [0.4, 0.5) is 0 Å². The lowest BCUT2D eigenvalue weighted by molar-refractivity contribution is -0.139. The third-order valence-corrected chi connectivity index (χ3v) is 2.65. The fourth-order valence-corrected chi connectivity index (χ4v) is 1.84. The largest absolute Gasteiger partial charge is 0.469 e. The first kappa shape index (κ1) is 10.7. The standard InChI is InChI=1S/C12H13NO3/c1-8-6-11(14)13(12(8)15)9(2)7-10-4-3-5-16-10/h3-6,9H,7H2,1-2H3. The third kappa shape index (κ3) is 1.78. The number of hydrogen-bond acceptors (Lipinski definition) is 3. The summed E-state index contributed by atoms with van der Waals surface area (Å²) in [6.07, 6.45) is 3.51. The first-order valence-electron chi connectivity index (χ1n) is 5.18. The number of carbonyl (C=O) groups is 2. The molecule has 2 amide bonds. The number of imide groups is 1. The van der Waals surface area contributed by atoms with Crippen LogP contribution in [0.5, 0.6) is 0 Å². The van der Waals surface area contributed by atoms with E-state index in [9.17, 15) is 9.59 Å². The van der Waals surface area contributed by atoms with Crippen LogP contribution in [0.1, 0.15) is 19.6 Å². The molecule has 2 heterocycles. The first-order valence-corrected chi connectivity index (χ1v) is 5.18. The van der Waals surface area contributed by atoms with Gasteiger partial charge in [-0.1, -0.05) is 0 Å². The molecule has 0 aliphatic carbocycles. The van der Waals surface area contributed by atoms with E-state index in [0.717, 1.165) is 5.76 Å². The van der Waals surface area contributed by atoms with Crippen molar-refractivity contribution in [2.75, 3.05) is 0 Å². The fraction of sp³-hybridized carbons (Fsp3) is 0.333. The maximum atomic E-state index is 11.7. The molecule has 1 aromatic heterocycles. The minimum atomic E-state index is -0.235. The van der Waals surface area contributed by atoms with Gasteiger partial charge in [0, 0.05) is 24.1 Å². The lowest BCUT2D eigenvalue weighted by atomic mass is 10.1. The molecule has 1 aliphatic rings. The third-order valence-electron chi connectivity index (χ3n) is 2.65. The molecule has 1 unspecified atom stereocenters. The first-order chi connectivity index (χ1) is 7.59. The lowest BCUT2D eigenvalue weighted by Crippen LogP contribution is -2.39. The van der Waals surface area contributed by atoms with Gasteiger partial charge in [0.2, 0.25) is 0 Å². The molecule has 4 heteroatoms. The average Bonchev–Trinajstić information content (AvgIpc) is 2.77. The van der Waals surface area contributed by atoms with Gasteiger partial charge in [-0.25, -0.2) is 0 Å². The van der Waals surface area contributed by atoms with Gasteiger partial charge in [0.15, 0.2) is 0 Å². The van der Waals surface area contributed by atoms with E-state index in [1.807, 2.05) is 13.0 Å². The number of rotatable bonds is 3. The van der Waals surface area contributed by atoms with Gasteiger partial charge >= 0.3 is 0 Å². The molecule has 2 rings (SSSR count). The Morgan fingerprint density at radius 2 is 2.19 bits per heavy atom. The highest BCUT2D eigenvalue weighted by Crippen LogP contribution is 2.18. The van der Waals surface area contributed by atoms with Gasteiger partial charge in [-0.15, -0.1) is 0 Å². The molecule has 84 valence electrons. The van der Waals surface area contributed by atoms with Crippen LogP contribution in [-0.2, 0) is 16.0 Å². The molecule has 1 aliphatic heterocycles. The zero-order chi connectivity index (χ0) is 11.7. The summed E-state index contributed by atoms with van der Waals surface area (Å²) in [5.74, 6) is 0.336. The van der Waals surface area contributed by atoms with Gasteiger partial charge in [0.1, 0.15) is 5.76 Å². The molecular formula is C12H13NO3. The lowest BCUT2D eigenvalue weighted by Gasteiger charge is -2.21. The van der Waals surface area contributed by atoms with E-state index in [0.29, 0.717) is 12.0 Å². The van der Waals surface area contributed by atoms with Gasteiger partial charge in [0.25, 0.3) is 11.8 Å². The Hall–Kier alpha value is -1.84. The van der Waals surface area contributed by atoms with Crippen molar-refractivity contribution < 1.29 is 14.0 Å². The molecule has 0 N–H and O–H groups in total. The minimum absolute atomic E-state index is 0.181.